The second kappa shape index (κ2) is 6.14. The van der Waals surface area contributed by atoms with Crippen LogP contribution in [0.15, 0.2) is 6.20 Å². The molecule has 7 heteroatoms. The number of aromatic amines is 1. The van der Waals surface area contributed by atoms with Crippen molar-refractivity contribution in [3.63, 3.8) is 0 Å². The van der Waals surface area contributed by atoms with Crippen LogP contribution in [0.25, 0.3) is 0 Å². The van der Waals surface area contributed by atoms with E-state index >= 15 is 0 Å². The van der Waals surface area contributed by atoms with Crippen LogP contribution in [0, 0.1) is 6.92 Å². The van der Waals surface area contributed by atoms with Gasteiger partial charge in [0.25, 0.3) is 0 Å². The summed E-state index contributed by atoms with van der Waals surface area (Å²) in [5.74, 6) is -1.65. The average molecular weight is 238 g/mol. The van der Waals surface area contributed by atoms with E-state index in [4.69, 9.17) is 9.90 Å². The lowest BCUT2D eigenvalue weighted by atomic mass is 10.3. The van der Waals surface area contributed by atoms with Gasteiger partial charge in [-0.05, 0) is 13.3 Å². The highest BCUT2D eigenvalue weighted by Gasteiger charge is 2.38. The monoisotopic (exact) mass is 238 g/mol. The molecule has 4 nitrogen and oxygen atoms in total. The highest BCUT2D eigenvalue weighted by Crippen LogP contribution is 2.13. The number of hydrogen-bond acceptors (Lipinski definition) is 2. The van der Waals surface area contributed by atoms with Gasteiger partial charge in [0.05, 0.1) is 5.69 Å². The summed E-state index contributed by atoms with van der Waals surface area (Å²) in [6.45, 7) is 4.15. The van der Waals surface area contributed by atoms with E-state index in [-0.39, 0.29) is 0 Å². The molecular formula is C9H13F3N2O2. The third-order valence-electron chi connectivity index (χ3n) is 1.49. The van der Waals surface area contributed by atoms with Crippen molar-refractivity contribution < 1.29 is 23.1 Å². The van der Waals surface area contributed by atoms with Crippen molar-refractivity contribution in [1.82, 2.24) is 9.97 Å². The summed E-state index contributed by atoms with van der Waals surface area (Å²) in [6, 6.07) is 0. The smallest absolute Gasteiger partial charge is 0.475 e. The number of nitrogens with zero attached hydrogens (tertiary/aromatic N) is 1. The molecule has 1 heterocycles. The molecule has 92 valence electrons. The van der Waals surface area contributed by atoms with Gasteiger partial charge >= 0.3 is 12.1 Å². The van der Waals surface area contributed by atoms with Gasteiger partial charge in [-0.1, -0.05) is 6.92 Å². The Kier molecular flexibility index (Phi) is 5.55. The van der Waals surface area contributed by atoms with E-state index < -0.39 is 12.1 Å². The predicted octanol–water partition coefficient (Wildman–Crippen LogP) is 2.30. The zero-order valence-electron chi connectivity index (χ0n) is 8.93. The molecule has 0 radical (unpaired) electrons. The molecule has 0 aliphatic carbocycles. The molecule has 0 aliphatic rings. The first-order valence-corrected chi connectivity index (χ1v) is 4.58. The van der Waals surface area contributed by atoms with Crippen molar-refractivity contribution in [2.24, 2.45) is 0 Å². The number of aromatic nitrogens is 2. The Morgan fingerprint density at radius 3 is 2.31 bits per heavy atom. The lowest BCUT2D eigenvalue weighted by molar-refractivity contribution is -0.192. The van der Waals surface area contributed by atoms with E-state index in [1.807, 2.05) is 13.1 Å². The Labute approximate surface area is 90.5 Å². The van der Waals surface area contributed by atoms with Crippen molar-refractivity contribution in [3.05, 3.63) is 17.7 Å². The molecule has 0 atom stereocenters. The molecule has 0 amide bonds. The molecule has 1 aromatic heterocycles. The summed E-state index contributed by atoms with van der Waals surface area (Å²) in [7, 11) is 0. The molecule has 0 spiro atoms. The van der Waals surface area contributed by atoms with Crippen LogP contribution in [0.5, 0.6) is 0 Å². The fourth-order valence-electron chi connectivity index (χ4n) is 0.830. The number of imidazole rings is 1. The molecule has 0 bridgehead atoms. The van der Waals surface area contributed by atoms with Crippen LogP contribution in [0.4, 0.5) is 13.2 Å². The average Bonchev–Trinajstić information content (AvgIpc) is 2.51. The van der Waals surface area contributed by atoms with Gasteiger partial charge in [0, 0.05) is 12.6 Å². The molecule has 2 N–H and O–H groups in total. The molecule has 0 saturated heterocycles. The minimum atomic E-state index is -5.08. The number of carboxylic acid groups (broad SMARTS) is 1. The third kappa shape index (κ3) is 6.05. The number of halogens is 3. The van der Waals surface area contributed by atoms with E-state index in [1.54, 1.807) is 0 Å². The van der Waals surface area contributed by atoms with Crippen LogP contribution in [-0.2, 0) is 11.2 Å². The largest absolute Gasteiger partial charge is 0.490 e. The van der Waals surface area contributed by atoms with Crippen molar-refractivity contribution >= 4 is 5.97 Å². The van der Waals surface area contributed by atoms with E-state index in [0.29, 0.717) is 0 Å². The maximum absolute atomic E-state index is 10.6. The van der Waals surface area contributed by atoms with Crippen molar-refractivity contribution in [3.8, 4) is 0 Å². The number of H-pyrrole nitrogens is 1. The van der Waals surface area contributed by atoms with Gasteiger partial charge in [-0.2, -0.15) is 13.2 Å². The lowest BCUT2D eigenvalue weighted by Gasteiger charge is -1.93. The van der Waals surface area contributed by atoms with Crippen molar-refractivity contribution in [2.45, 2.75) is 32.9 Å². The molecule has 0 aromatic carbocycles. The molecule has 0 saturated carbocycles. The van der Waals surface area contributed by atoms with Crippen LogP contribution in [0.3, 0.4) is 0 Å². The summed E-state index contributed by atoms with van der Waals surface area (Å²) in [6.07, 6.45) is -0.925. The third-order valence-corrected chi connectivity index (χ3v) is 1.49. The second-order valence-electron chi connectivity index (χ2n) is 3.04. The number of aryl methyl sites for hydroxylation is 2. The minimum Gasteiger partial charge on any atom is -0.475 e. The molecule has 1 rings (SSSR count). The normalized spacial score (nSPS) is 10.6. The van der Waals surface area contributed by atoms with Crippen LogP contribution < -0.4 is 0 Å². The van der Waals surface area contributed by atoms with Gasteiger partial charge in [-0.3, -0.25) is 0 Å². The van der Waals surface area contributed by atoms with Gasteiger partial charge < -0.3 is 10.1 Å². The van der Waals surface area contributed by atoms with Gasteiger partial charge in [0.15, 0.2) is 0 Å². The van der Waals surface area contributed by atoms with Crippen LogP contribution in [0.1, 0.15) is 24.9 Å². The highest BCUT2D eigenvalue weighted by atomic mass is 19.4. The molecular weight excluding hydrogens is 225 g/mol. The Morgan fingerprint density at radius 2 is 2.06 bits per heavy atom. The van der Waals surface area contributed by atoms with Crippen LogP contribution in [-0.4, -0.2) is 27.2 Å². The maximum atomic E-state index is 10.6. The topological polar surface area (TPSA) is 66.0 Å². The molecule has 0 unspecified atom stereocenters. The van der Waals surface area contributed by atoms with Gasteiger partial charge in [-0.15, -0.1) is 0 Å². The fourth-order valence-corrected chi connectivity index (χ4v) is 0.830. The van der Waals surface area contributed by atoms with Gasteiger partial charge in [-0.25, -0.2) is 9.78 Å². The minimum absolute atomic E-state index is 1.06. The number of rotatable bonds is 2. The first-order valence-electron chi connectivity index (χ1n) is 4.58. The Bertz CT molecular complexity index is 334. The van der Waals surface area contributed by atoms with E-state index in [9.17, 15) is 13.2 Å². The standard InChI is InChI=1S/C7H12N2.C2HF3O2/c1-3-4-7-8-5-6(2)9-7;3-2(4,5)1(6)7/h5H,3-4H2,1-2H3,(H,8,9);(H,6,7). The molecule has 1 aromatic rings. The Hall–Kier alpha value is -1.53. The zero-order valence-corrected chi connectivity index (χ0v) is 8.93. The number of hydrogen-bond donors (Lipinski definition) is 2. The van der Waals surface area contributed by atoms with E-state index in [0.717, 1.165) is 24.4 Å². The molecule has 0 fully saturated rings. The first-order chi connectivity index (χ1) is 7.27. The Balaban J connectivity index is 0.000000293. The predicted molar refractivity (Wildman–Crippen MR) is 51.0 cm³/mol. The first kappa shape index (κ1) is 14.5. The Morgan fingerprint density at radius 1 is 1.56 bits per heavy atom. The van der Waals surface area contributed by atoms with Gasteiger partial charge in [0.2, 0.25) is 0 Å². The van der Waals surface area contributed by atoms with Crippen molar-refractivity contribution in [1.29, 1.82) is 0 Å². The zero-order chi connectivity index (χ0) is 12.8. The van der Waals surface area contributed by atoms with Crippen LogP contribution in [0.2, 0.25) is 0 Å². The highest BCUT2D eigenvalue weighted by molar-refractivity contribution is 5.73. The summed E-state index contributed by atoms with van der Waals surface area (Å²) < 4.78 is 31.7. The quantitative estimate of drug-likeness (QED) is 0.830. The summed E-state index contributed by atoms with van der Waals surface area (Å²) in [5.41, 5.74) is 1.08. The van der Waals surface area contributed by atoms with Crippen molar-refractivity contribution in [2.75, 3.05) is 0 Å². The summed E-state index contributed by atoms with van der Waals surface area (Å²) in [5, 5.41) is 7.12. The van der Waals surface area contributed by atoms with Crippen LogP contribution >= 0.6 is 0 Å². The number of carbonyl (C=O) groups is 1. The fraction of sp³-hybridized carbons (Fsp3) is 0.556. The number of nitrogens with one attached hydrogen (secondary N) is 1. The number of carboxylic acids is 1. The lowest BCUT2D eigenvalue weighted by Crippen LogP contribution is -2.21. The molecule has 0 aliphatic heterocycles. The van der Waals surface area contributed by atoms with Gasteiger partial charge in [0.1, 0.15) is 5.82 Å². The summed E-state index contributed by atoms with van der Waals surface area (Å²) >= 11 is 0. The van der Waals surface area contributed by atoms with E-state index in [1.165, 1.54) is 0 Å². The number of aliphatic carboxylic acids is 1. The SMILES string of the molecule is CCCc1nc(C)c[nH]1.O=C(O)C(F)(F)F. The number of alkyl halides is 3. The summed E-state index contributed by atoms with van der Waals surface area (Å²) in [4.78, 5) is 16.2. The maximum Gasteiger partial charge on any atom is 0.490 e. The molecule has 16 heavy (non-hydrogen) atoms. The van der Waals surface area contributed by atoms with E-state index in [2.05, 4.69) is 16.9 Å². The second-order valence-corrected chi connectivity index (χ2v) is 3.04.